The van der Waals surface area contributed by atoms with Crippen LogP contribution in [0.3, 0.4) is 0 Å². The third-order valence-electron chi connectivity index (χ3n) is 3.64. The zero-order chi connectivity index (χ0) is 15.9. The van der Waals surface area contributed by atoms with E-state index in [1.54, 1.807) is 10.9 Å². The van der Waals surface area contributed by atoms with Crippen molar-refractivity contribution in [2.45, 2.75) is 26.3 Å². The van der Waals surface area contributed by atoms with Gasteiger partial charge in [-0.2, -0.15) is 5.10 Å². The van der Waals surface area contributed by atoms with E-state index in [-0.39, 0.29) is 15.6 Å². The summed E-state index contributed by atoms with van der Waals surface area (Å²) in [5.74, 6) is 0.0653. The summed E-state index contributed by atoms with van der Waals surface area (Å²) in [6, 6.07) is 2.26. The predicted molar refractivity (Wildman–Crippen MR) is 84.1 cm³/mol. The molecule has 0 atom stereocenters. The molecule has 3 rings (SSSR count). The lowest BCUT2D eigenvalue weighted by Crippen LogP contribution is -2.17. The quantitative estimate of drug-likeness (QED) is 0.842. The Labute approximate surface area is 137 Å². The van der Waals surface area contributed by atoms with Crippen LogP contribution in [0.4, 0.5) is 10.2 Å². The molecular formula is C15H14Cl2FN3O. The molecule has 4 nitrogen and oxygen atoms in total. The van der Waals surface area contributed by atoms with Gasteiger partial charge in [0.2, 0.25) is 0 Å². The molecular weight excluding hydrogens is 328 g/mol. The number of benzene rings is 1. The van der Waals surface area contributed by atoms with Crippen molar-refractivity contribution in [3.8, 4) is 0 Å². The van der Waals surface area contributed by atoms with Gasteiger partial charge in [0.15, 0.2) is 0 Å². The minimum atomic E-state index is -0.681. The van der Waals surface area contributed by atoms with Crippen LogP contribution in [-0.4, -0.2) is 15.7 Å². The molecule has 1 saturated carbocycles. The Bertz CT molecular complexity index is 741. The van der Waals surface area contributed by atoms with Gasteiger partial charge in [-0.05, 0) is 37.8 Å². The van der Waals surface area contributed by atoms with Crippen molar-refractivity contribution in [2.75, 3.05) is 5.32 Å². The molecule has 1 aromatic carbocycles. The van der Waals surface area contributed by atoms with Gasteiger partial charge < -0.3 is 5.32 Å². The number of aryl methyl sites for hydroxylation is 1. The van der Waals surface area contributed by atoms with Crippen molar-refractivity contribution in [3.63, 3.8) is 0 Å². The van der Waals surface area contributed by atoms with E-state index in [9.17, 15) is 9.18 Å². The summed E-state index contributed by atoms with van der Waals surface area (Å²) in [4.78, 5) is 12.4. The van der Waals surface area contributed by atoms with Crippen LogP contribution in [0.25, 0.3) is 0 Å². The van der Waals surface area contributed by atoms with Crippen molar-refractivity contribution in [1.29, 1.82) is 0 Å². The second kappa shape index (κ2) is 5.89. The van der Waals surface area contributed by atoms with Gasteiger partial charge in [0.1, 0.15) is 11.6 Å². The highest BCUT2D eigenvalue weighted by molar-refractivity contribution is 6.37. The number of hydrogen-bond donors (Lipinski definition) is 1. The second-order valence-corrected chi connectivity index (χ2v) is 6.32. The smallest absolute Gasteiger partial charge is 0.258 e. The average Bonchev–Trinajstić information content (AvgIpc) is 3.22. The molecule has 1 aromatic heterocycles. The summed E-state index contributed by atoms with van der Waals surface area (Å²) in [6.45, 7) is 2.63. The van der Waals surface area contributed by atoms with Gasteiger partial charge >= 0.3 is 0 Å². The molecule has 1 heterocycles. The van der Waals surface area contributed by atoms with Gasteiger partial charge in [-0.15, -0.1) is 0 Å². The topological polar surface area (TPSA) is 46.9 Å². The largest absolute Gasteiger partial charge is 0.307 e. The first-order valence-electron chi connectivity index (χ1n) is 6.94. The van der Waals surface area contributed by atoms with Crippen molar-refractivity contribution >= 4 is 34.9 Å². The van der Waals surface area contributed by atoms with Crippen molar-refractivity contribution in [3.05, 3.63) is 45.3 Å². The lowest BCUT2D eigenvalue weighted by molar-refractivity contribution is 0.102. The molecule has 0 aliphatic heterocycles. The van der Waals surface area contributed by atoms with E-state index in [1.807, 2.05) is 6.92 Å². The molecule has 0 spiro atoms. The van der Waals surface area contributed by atoms with Crippen molar-refractivity contribution in [1.82, 2.24) is 9.78 Å². The molecule has 0 unspecified atom stereocenters. The van der Waals surface area contributed by atoms with E-state index >= 15 is 0 Å². The Balaban J connectivity index is 1.85. The first kappa shape index (κ1) is 15.3. The fraction of sp³-hybridized carbons (Fsp3) is 0.333. The van der Waals surface area contributed by atoms with E-state index in [2.05, 4.69) is 10.4 Å². The maximum Gasteiger partial charge on any atom is 0.258 e. The number of anilines is 1. The van der Waals surface area contributed by atoms with E-state index in [4.69, 9.17) is 23.2 Å². The monoisotopic (exact) mass is 341 g/mol. The van der Waals surface area contributed by atoms with Crippen LogP contribution in [-0.2, 0) is 6.54 Å². The fourth-order valence-electron chi connectivity index (χ4n) is 2.20. The molecule has 1 amide bonds. The van der Waals surface area contributed by atoms with Crippen LogP contribution in [0.15, 0.2) is 18.3 Å². The van der Waals surface area contributed by atoms with E-state index in [0.29, 0.717) is 11.7 Å². The molecule has 22 heavy (non-hydrogen) atoms. The Hall–Kier alpha value is -1.59. The molecule has 0 bridgehead atoms. The molecule has 7 heteroatoms. The number of rotatable bonds is 4. The van der Waals surface area contributed by atoms with Crippen LogP contribution in [0.1, 0.15) is 28.8 Å². The molecule has 0 saturated heterocycles. The Kier molecular flexibility index (Phi) is 4.10. The summed E-state index contributed by atoms with van der Waals surface area (Å²) >= 11 is 11.6. The zero-order valence-electron chi connectivity index (χ0n) is 11.9. The Morgan fingerprint density at radius 2 is 2.14 bits per heavy atom. The average molecular weight is 342 g/mol. The summed E-state index contributed by atoms with van der Waals surface area (Å²) in [5, 5.41) is 7.03. The van der Waals surface area contributed by atoms with E-state index in [0.717, 1.165) is 18.2 Å². The third-order valence-corrected chi connectivity index (χ3v) is 4.24. The second-order valence-electron chi connectivity index (χ2n) is 5.50. The van der Waals surface area contributed by atoms with Crippen LogP contribution in [0.2, 0.25) is 10.0 Å². The minimum absolute atomic E-state index is 0.0436. The molecule has 2 aromatic rings. The highest BCUT2D eigenvalue weighted by Gasteiger charge is 2.24. The number of hydrogen-bond acceptors (Lipinski definition) is 2. The van der Waals surface area contributed by atoms with Crippen LogP contribution in [0.5, 0.6) is 0 Å². The van der Waals surface area contributed by atoms with Crippen molar-refractivity contribution in [2.24, 2.45) is 5.92 Å². The summed E-state index contributed by atoms with van der Waals surface area (Å²) in [5.41, 5.74) is 0.890. The van der Waals surface area contributed by atoms with Gasteiger partial charge in [-0.25, -0.2) is 9.07 Å². The zero-order valence-corrected chi connectivity index (χ0v) is 13.4. The first-order valence-corrected chi connectivity index (χ1v) is 7.69. The maximum atomic E-state index is 13.5. The molecule has 0 radical (unpaired) electrons. The number of carbonyl (C=O) groups is 1. The number of halogens is 3. The van der Waals surface area contributed by atoms with Gasteiger partial charge in [-0.3, -0.25) is 4.79 Å². The van der Waals surface area contributed by atoms with Crippen LogP contribution < -0.4 is 5.32 Å². The van der Waals surface area contributed by atoms with Crippen LogP contribution >= 0.6 is 23.2 Å². The molecule has 1 fully saturated rings. The standard InChI is InChI=1S/C15H14Cl2FN3O/c1-8-6-19-21(7-9-2-3-9)14(8)20-15(22)10-4-13(18)12(17)5-11(10)16/h4-6,9H,2-3,7H2,1H3,(H,20,22). The first-order chi connectivity index (χ1) is 10.5. The molecule has 1 N–H and O–H groups in total. The molecule has 116 valence electrons. The molecule has 1 aliphatic carbocycles. The SMILES string of the molecule is Cc1cnn(CC2CC2)c1NC(=O)c1cc(F)c(Cl)cc1Cl. The van der Waals surface area contributed by atoms with E-state index in [1.165, 1.54) is 18.9 Å². The normalized spacial score (nSPS) is 14.2. The predicted octanol–water partition coefficient (Wildman–Crippen LogP) is 4.30. The Morgan fingerprint density at radius 3 is 2.82 bits per heavy atom. The Morgan fingerprint density at radius 1 is 1.41 bits per heavy atom. The molecule has 1 aliphatic rings. The maximum absolute atomic E-state index is 13.5. The summed E-state index contributed by atoms with van der Waals surface area (Å²) in [6.07, 6.45) is 4.06. The van der Waals surface area contributed by atoms with E-state index < -0.39 is 11.7 Å². The van der Waals surface area contributed by atoms with Crippen molar-refractivity contribution < 1.29 is 9.18 Å². The number of carbonyl (C=O) groups excluding carboxylic acids is 1. The number of nitrogens with zero attached hydrogens (tertiary/aromatic N) is 2. The van der Waals surface area contributed by atoms with Gasteiger partial charge in [0.25, 0.3) is 5.91 Å². The van der Waals surface area contributed by atoms with Gasteiger partial charge in [-0.1, -0.05) is 23.2 Å². The van der Waals surface area contributed by atoms with Gasteiger partial charge in [0, 0.05) is 12.1 Å². The van der Waals surface area contributed by atoms with Gasteiger partial charge in [0.05, 0.1) is 21.8 Å². The number of nitrogens with one attached hydrogen (secondary N) is 1. The lowest BCUT2D eigenvalue weighted by Gasteiger charge is -2.11. The summed E-state index contributed by atoms with van der Waals surface area (Å²) in [7, 11) is 0. The highest BCUT2D eigenvalue weighted by atomic mass is 35.5. The third kappa shape index (κ3) is 3.10. The van der Waals surface area contributed by atoms with Crippen LogP contribution in [0, 0.1) is 18.7 Å². The highest BCUT2D eigenvalue weighted by Crippen LogP contribution is 2.32. The number of aromatic nitrogens is 2. The summed E-state index contributed by atoms with van der Waals surface area (Å²) < 4.78 is 15.3. The number of amides is 1. The lowest BCUT2D eigenvalue weighted by atomic mass is 10.2. The minimum Gasteiger partial charge on any atom is -0.307 e. The fourth-order valence-corrected chi connectivity index (χ4v) is 2.67.